The number of hydrogen-bond acceptors (Lipinski definition) is 5. The summed E-state index contributed by atoms with van der Waals surface area (Å²) in [4.78, 5) is 32.2. The van der Waals surface area contributed by atoms with Gasteiger partial charge in [0.25, 0.3) is 5.91 Å². The number of aromatic nitrogens is 2. The van der Waals surface area contributed by atoms with Gasteiger partial charge < -0.3 is 9.88 Å². The van der Waals surface area contributed by atoms with Crippen LogP contribution >= 0.6 is 0 Å². The van der Waals surface area contributed by atoms with Gasteiger partial charge in [-0.2, -0.15) is 4.98 Å². The van der Waals surface area contributed by atoms with Crippen molar-refractivity contribution in [2.24, 2.45) is 11.1 Å². The minimum absolute atomic E-state index is 0.0839. The molecule has 1 amide bonds. The summed E-state index contributed by atoms with van der Waals surface area (Å²) in [6.07, 6.45) is 0.559. The zero-order valence-electron chi connectivity index (χ0n) is 12.2. The highest BCUT2D eigenvalue weighted by molar-refractivity contribution is 7.89. The van der Waals surface area contributed by atoms with Crippen LogP contribution in [0.3, 0.4) is 0 Å². The number of nitrogens with two attached hydrogens (primary N) is 1. The average Bonchev–Trinajstić information content (AvgIpc) is 2.92. The fourth-order valence-corrected chi connectivity index (χ4v) is 3.83. The Bertz CT molecular complexity index is 922. The minimum Gasteiger partial charge on any atom is -0.337 e. The van der Waals surface area contributed by atoms with E-state index in [9.17, 15) is 18.0 Å². The molecular weight excluding hydrogens is 320 g/mol. The van der Waals surface area contributed by atoms with Gasteiger partial charge in [-0.25, -0.2) is 18.4 Å². The first-order valence-electron chi connectivity index (χ1n) is 7.12. The lowest BCUT2D eigenvalue weighted by Crippen LogP contribution is -2.32. The van der Waals surface area contributed by atoms with E-state index in [0.717, 1.165) is 0 Å². The number of benzene rings is 1. The van der Waals surface area contributed by atoms with E-state index >= 15 is 0 Å². The van der Waals surface area contributed by atoms with E-state index < -0.39 is 15.7 Å². The van der Waals surface area contributed by atoms with Crippen LogP contribution in [0.15, 0.2) is 29.1 Å². The third-order valence-corrected chi connectivity index (χ3v) is 4.82. The molecule has 1 atom stereocenters. The summed E-state index contributed by atoms with van der Waals surface area (Å²) in [6.45, 7) is 0.708. The van der Waals surface area contributed by atoms with Crippen LogP contribution in [0.2, 0.25) is 0 Å². The first kappa shape index (κ1) is 15.6. The molecule has 1 aromatic heterocycles. The monoisotopic (exact) mass is 336 g/mol. The van der Waals surface area contributed by atoms with Gasteiger partial charge in [-0.15, -0.1) is 0 Å². The third-order valence-electron chi connectivity index (χ3n) is 3.88. The van der Waals surface area contributed by atoms with E-state index in [0.29, 0.717) is 23.9 Å². The zero-order chi connectivity index (χ0) is 16.6. The number of para-hydroxylation sites is 1. The molecule has 3 rings (SSSR count). The molecule has 9 heteroatoms. The van der Waals surface area contributed by atoms with Crippen LogP contribution in [0.4, 0.5) is 0 Å². The maximum Gasteiger partial charge on any atom is 0.346 e. The largest absolute Gasteiger partial charge is 0.346 e. The molecule has 0 aliphatic carbocycles. The van der Waals surface area contributed by atoms with Crippen molar-refractivity contribution in [2.75, 3.05) is 18.8 Å². The molecule has 2 heterocycles. The van der Waals surface area contributed by atoms with E-state index in [1.165, 1.54) is 4.90 Å². The van der Waals surface area contributed by atoms with Gasteiger partial charge in [0.15, 0.2) is 0 Å². The summed E-state index contributed by atoms with van der Waals surface area (Å²) in [5.41, 5.74) is 0.0315. The second-order valence-electron chi connectivity index (χ2n) is 5.67. The maximum atomic E-state index is 12.7. The second kappa shape index (κ2) is 5.74. The number of fused-ring (bicyclic) bond motifs is 1. The molecule has 1 aliphatic heterocycles. The Morgan fingerprint density at radius 3 is 2.87 bits per heavy atom. The van der Waals surface area contributed by atoms with E-state index in [1.807, 2.05) is 0 Å². The number of hydrogen-bond donors (Lipinski definition) is 2. The number of sulfonamides is 1. The molecule has 1 aliphatic rings. The number of carbonyl (C=O) groups excluding carboxylic acids is 1. The number of nitrogens with zero attached hydrogens (tertiary/aromatic N) is 2. The van der Waals surface area contributed by atoms with Gasteiger partial charge in [0.05, 0.1) is 11.3 Å². The highest BCUT2D eigenvalue weighted by atomic mass is 32.2. The predicted octanol–water partition coefficient (Wildman–Crippen LogP) is -0.326. The first-order chi connectivity index (χ1) is 10.8. The lowest BCUT2D eigenvalue weighted by atomic mass is 10.1. The predicted molar refractivity (Wildman–Crippen MR) is 84.3 cm³/mol. The summed E-state index contributed by atoms with van der Waals surface area (Å²) in [5, 5.41) is 5.62. The molecule has 122 valence electrons. The summed E-state index contributed by atoms with van der Waals surface area (Å²) >= 11 is 0. The Hall–Kier alpha value is -2.26. The number of rotatable bonds is 3. The molecule has 23 heavy (non-hydrogen) atoms. The number of aromatic amines is 1. The third kappa shape index (κ3) is 3.40. The van der Waals surface area contributed by atoms with Crippen LogP contribution < -0.4 is 10.8 Å². The normalized spacial score (nSPS) is 18.5. The highest BCUT2D eigenvalue weighted by Gasteiger charge is 2.30. The molecule has 8 nitrogen and oxygen atoms in total. The summed E-state index contributed by atoms with van der Waals surface area (Å²) < 4.78 is 22.3. The van der Waals surface area contributed by atoms with Crippen molar-refractivity contribution in [3.63, 3.8) is 0 Å². The van der Waals surface area contributed by atoms with Gasteiger partial charge in [-0.05, 0) is 18.4 Å². The van der Waals surface area contributed by atoms with Crippen molar-refractivity contribution in [3.8, 4) is 0 Å². The van der Waals surface area contributed by atoms with Crippen molar-refractivity contribution in [2.45, 2.75) is 6.42 Å². The van der Waals surface area contributed by atoms with Crippen LogP contribution in [-0.2, 0) is 10.0 Å². The smallest absolute Gasteiger partial charge is 0.337 e. The summed E-state index contributed by atoms with van der Waals surface area (Å²) in [6, 6.07) is 6.92. The van der Waals surface area contributed by atoms with Crippen LogP contribution in [0.5, 0.6) is 0 Å². The SMILES string of the molecule is NS(=O)(=O)CC1CCN(C(=O)c2nc(=O)[nH]c3ccccc23)C1. The van der Waals surface area contributed by atoms with Gasteiger partial charge in [-0.1, -0.05) is 18.2 Å². The lowest BCUT2D eigenvalue weighted by molar-refractivity contribution is 0.0784. The summed E-state index contributed by atoms with van der Waals surface area (Å²) in [7, 11) is -3.57. The molecule has 0 saturated carbocycles. The van der Waals surface area contributed by atoms with E-state index in [1.54, 1.807) is 24.3 Å². The molecule has 0 spiro atoms. The number of nitrogens with one attached hydrogen (secondary N) is 1. The molecule has 0 radical (unpaired) electrons. The van der Waals surface area contributed by atoms with Crippen LogP contribution in [0.25, 0.3) is 10.9 Å². The summed E-state index contributed by atoms with van der Waals surface area (Å²) in [5.74, 6) is -0.716. The van der Waals surface area contributed by atoms with E-state index in [4.69, 9.17) is 5.14 Å². The Morgan fingerprint density at radius 1 is 1.39 bits per heavy atom. The molecule has 1 aromatic carbocycles. The minimum atomic E-state index is -3.57. The number of amides is 1. The Balaban J connectivity index is 1.89. The van der Waals surface area contributed by atoms with Gasteiger partial charge in [-0.3, -0.25) is 4.79 Å². The molecule has 1 fully saturated rings. The topological polar surface area (TPSA) is 126 Å². The van der Waals surface area contributed by atoms with Gasteiger partial charge in [0.1, 0.15) is 5.69 Å². The molecular formula is C14H16N4O4S. The van der Waals surface area contributed by atoms with Crippen LogP contribution in [0, 0.1) is 5.92 Å². The van der Waals surface area contributed by atoms with E-state index in [2.05, 4.69) is 9.97 Å². The second-order valence-corrected chi connectivity index (χ2v) is 7.33. The molecule has 3 N–H and O–H groups in total. The van der Waals surface area contributed by atoms with Crippen molar-refractivity contribution in [1.29, 1.82) is 0 Å². The van der Waals surface area contributed by atoms with Gasteiger partial charge in [0.2, 0.25) is 10.0 Å². The fourth-order valence-electron chi connectivity index (χ4n) is 2.90. The molecule has 2 aromatic rings. The highest BCUT2D eigenvalue weighted by Crippen LogP contribution is 2.21. The first-order valence-corrected chi connectivity index (χ1v) is 8.84. The number of primary sulfonamides is 1. The standard InChI is InChI=1S/C14H16N4O4S/c15-23(21,22)8-9-5-6-18(7-9)13(19)12-10-3-1-2-4-11(10)16-14(20)17-12/h1-4,9H,5-8H2,(H2,15,21,22)(H,16,17,20). The van der Waals surface area contributed by atoms with Crippen molar-refractivity contribution in [3.05, 3.63) is 40.4 Å². The Labute approximate surface area is 132 Å². The van der Waals surface area contributed by atoms with E-state index in [-0.39, 0.29) is 29.8 Å². The Morgan fingerprint density at radius 2 is 2.13 bits per heavy atom. The van der Waals surface area contributed by atoms with Crippen LogP contribution in [0.1, 0.15) is 16.9 Å². The number of H-pyrrole nitrogens is 1. The molecule has 1 saturated heterocycles. The number of likely N-dealkylation sites (tertiary alicyclic amines) is 1. The maximum absolute atomic E-state index is 12.7. The average molecular weight is 336 g/mol. The van der Waals surface area contributed by atoms with Gasteiger partial charge >= 0.3 is 5.69 Å². The van der Waals surface area contributed by atoms with Crippen molar-refractivity contribution >= 4 is 26.8 Å². The fraction of sp³-hybridized carbons (Fsp3) is 0.357. The zero-order valence-corrected chi connectivity index (χ0v) is 13.0. The molecule has 1 unspecified atom stereocenters. The number of carbonyl (C=O) groups is 1. The quantitative estimate of drug-likeness (QED) is 0.794. The van der Waals surface area contributed by atoms with Gasteiger partial charge in [0, 0.05) is 18.5 Å². The van der Waals surface area contributed by atoms with Crippen molar-refractivity contribution in [1.82, 2.24) is 14.9 Å². The van der Waals surface area contributed by atoms with Crippen LogP contribution in [-0.4, -0.2) is 48.0 Å². The lowest BCUT2D eigenvalue weighted by Gasteiger charge is -2.16. The van der Waals surface area contributed by atoms with Crippen molar-refractivity contribution < 1.29 is 13.2 Å². The Kier molecular flexibility index (Phi) is 3.90. The molecule has 0 bridgehead atoms.